The number of rotatable bonds is 8. The van der Waals surface area contributed by atoms with Crippen LogP contribution in [0.5, 0.6) is 5.75 Å². The third kappa shape index (κ3) is 4.36. The summed E-state index contributed by atoms with van der Waals surface area (Å²) < 4.78 is 5.85. The molecule has 0 aliphatic rings. The minimum Gasteiger partial charge on any atom is -0.491 e. The molecule has 2 aromatic carbocycles. The largest absolute Gasteiger partial charge is 0.491 e. The fourth-order valence-corrected chi connectivity index (χ4v) is 2.75. The van der Waals surface area contributed by atoms with Crippen LogP contribution in [-0.4, -0.2) is 22.6 Å². The fraction of sp³-hybridized carbons (Fsp3) is 0.350. The van der Waals surface area contributed by atoms with Crippen LogP contribution in [-0.2, 0) is 13.0 Å². The first-order valence-electron chi connectivity index (χ1n) is 8.61. The Bertz CT molecular complexity index is 746. The molecule has 0 saturated heterocycles. The van der Waals surface area contributed by atoms with Crippen LogP contribution in [0.3, 0.4) is 0 Å². The van der Waals surface area contributed by atoms with Gasteiger partial charge in [-0.25, -0.2) is 4.98 Å². The Balaban J connectivity index is 1.45. The molecule has 4 nitrogen and oxygen atoms in total. The summed E-state index contributed by atoms with van der Waals surface area (Å²) in [5, 5.41) is 3.50. The summed E-state index contributed by atoms with van der Waals surface area (Å²) in [6, 6.07) is 16.4. The molecular formula is C20H25N3O. The number of ether oxygens (including phenoxy) is 1. The Labute approximate surface area is 143 Å². The van der Waals surface area contributed by atoms with Crippen molar-refractivity contribution in [2.45, 2.75) is 39.3 Å². The highest BCUT2D eigenvalue weighted by Gasteiger charge is 2.05. The first-order valence-corrected chi connectivity index (χ1v) is 8.61. The third-order valence-corrected chi connectivity index (χ3v) is 3.86. The summed E-state index contributed by atoms with van der Waals surface area (Å²) in [7, 11) is 0. The van der Waals surface area contributed by atoms with E-state index in [-0.39, 0.29) is 6.10 Å². The maximum Gasteiger partial charge on any atom is 0.124 e. The van der Waals surface area contributed by atoms with Crippen LogP contribution >= 0.6 is 0 Å². The molecule has 126 valence electrons. The molecule has 24 heavy (non-hydrogen) atoms. The van der Waals surface area contributed by atoms with Crippen molar-refractivity contribution in [3.63, 3.8) is 0 Å². The molecule has 3 aromatic rings. The number of nitrogens with one attached hydrogen (secondary N) is 2. The lowest BCUT2D eigenvalue weighted by Crippen LogP contribution is -2.17. The molecule has 4 heteroatoms. The number of aromatic amines is 1. The molecule has 0 bridgehead atoms. The van der Waals surface area contributed by atoms with Crippen molar-refractivity contribution in [2.75, 3.05) is 6.54 Å². The number of benzene rings is 2. The average molecular weight is 323 g/mol. The Kier molecular flexibility index (Phi) is 5.49. The predicted molar refractivity (Wildman–Crippen MR) is 98.3 cm³/mol. The molecule has 1 heterocycles. The number of aryl methyl sites for hydroxylation is 1. The zero-order valence-corrected chi connectivity index (χ0v) is 14.4. The first kappa shape index (κ1) is 16.5. The van der Waals surface area contributed by atoms with E-state index in [4.69, 9.17) is 4.74 Å². The number of fused-ring (bicyclic) bond motifs is 1. The van der Waals surface area contributed by atoms with E-state index in [0.29, 0.717) is 0 Å². The molecule has 0 fully saturated rings. The van der Waals surface area contributed by atoms with Gasteiger partial charge < -0.3 is 15.0 Å². The minimum absolute atomic E-state index is 0.194. The number of hydrogen-bond donors (Lipinski definition) is 2. The smallest absolute Gasteiger partial charge is 0.124 e. The number of hydrogen-bond acceptors (Lipinski definition) is 3. The van der Waals surface area contributed by atoms with E-state index in [1.165, 1.54) is 5.56 Å². The first-order chi connectivity index (χ1) is 11.7. The molecular weight excluding hydrogens is 298 g/mol. The van der Waals surface area contributed by atoms with Crippen molar-refractivity contribution in [3.8, 4) is 5.75 Å². The highest BCUT2D eigenvalue weighted by atomic mass is 16.5. The fourth-order valence-electron chi connectivity index (χ4n) is 2.75. The van der Waals surface area contributed by atoms with Gasteiger partial charge in [-0.1, -0.05) is 30.3 Å². The lowest BCUT2D eigenvalue weighted by molar-refractivity contribution is 0.239. The lowest BCUT2D eigenvalue weighted by atomic mass is 10.2. The van der Waals surface area contributed by atoms with Gasteiger partial charge in [0.25, 0.3) is 0 Å². The van der Waals surface area contributed by atoms with Gasteiger partial charge in [-0.2, -0.15) is 0 Å². The quantitative estimate of drug-likeness (QED) is 0.614. The number of aromatic nitrogens is 2. The number of nitrogens with zero attached hydrogens (tertiary/aromatic N) is 1. The van der Waals surface area contributed by atoms with E-state index in [2.05, 4.69) is 47.3 Å². The summed E-state index contributed by atoms with van der Waals surface area (Å²) in [6.07, 6.45) is 2.19. The van der Waals surface area contributed by atoms with Crippen LogP contribution < -0.4 is 10.1 Å². The predicted octanol–water partition coefficient (Wildman–Crippen LogP) is 4.07. The van der Waals surface area contributed by atoms with Crippen LogP contribution in [0.25, 0.3) is 11.0 Å². The third-order valence-electron chi connectivity index (χ3n) is 3.86. The van der Waals surface area contributed by atoms with E-state index >= 15 is 0 Å². The van der Waals surface area contributed by atoms with Crippen molar-refractivity contribution in [1.82, 2.24) is 15.3 Å². The molecule has 0 atom stereocenters. The van der Waals surface area contributed by atoms with E-state index in [0.717, 1.165) is 48.5 Å². The van der Waals surface area contributed by atoms with Crippen molar-refractivity contribution in [2.24, 2.45) is 0 Å². The standard InChI is InChI=1S/C20H25N3O/c1-15(2)24-19-11-6-3-8-16(19)14-21-13-7-12-20-22-17-9-4-5-10-18(17)23-20/h3-6,8-11,15,21H,7,12-14H2,1-2H3,(H,22,23). The Morgan fingerprint density at radius 2 is 1.88 bits per heavy atom. The van der Waals surface area contributed by atoms with Crippen LogP contribution in [0, 0.1) is 0 Å². The van der Waals surface area contributed by atoms with Crippen LogP contribution in [0.1, 0.15) is 31.7 Å². The summed E-state index contributed by atoms with van der Waals surface area (Å²) >= 11 is 0. The van der Waals surface area contributed by atoms with E-state index in [9.17, 15) is 0 Å². The Morgan fingerprint density at radius 3 is 2.71 bits per heavy atom. The van der Waals surface area contributed by atoms with Crippen LogP contribution in [0.2, 0.25) is 0 Å². The maximum absolute atomic E-state index is 5.85. The van der Waals surface area contributed by atoms with Crippen molar-refractivity contribution in [1.29, 1.82) is 0 Å². The minimum atomic E-state index is 0.194. The SMILES string of the molecule is CC(C)Oc1ccccc1CNCCCc1nc2ccccc2[nH]1. The van der Waals surface area contributed by atoms with Gasteiger partial charge in [-0.05, 0) is 45.0 Å². The van der Waals surface area contributed by atoms with Crippen molar-refractivity contribution >= 4 is 11.0 Å². The monoisotopic (exact) mass is 323 g/mol. The van der Waals surface area contributed by atoms with E-state index in [1.54, 1.807) is 0 Å². The molecule has 3 rings (SSSR count). The molecule has 0 aliphatic heterocycles. The van der Waals surface area contributed by atoms with Crippen molar-refractivity contribution < 1.29 is 4.74 Å². The molecule has 0 aliphatic carbocycles. The van der Waals surface area contributed by atoms with Crippen LogP contribution in [0.15, 0.2) is 48.5 Å². The normalized spacial score (nSPS) is 11.3. The number of imidazole rings is 1. The summed E-state index contributed by atoms with van der Waals surface area (Å²) in [5.74, 6) is 2.03. The molecule has 1 aromatic heterocycles. The van der Waals surface area contributed by atoms with Gasteiger partial charge in [0.1, 0.15) is 11.6 Å². The second-order valence-electron chi connectivity index (χ2n) is 6.26. The summed E-state index contributed by atoms with van der Waals surface area (Å²) in [4.78, 5) is 7.99. The molecule has 2 N–H and O–H groups in total. The second-order valence-corrected chi connectivity index (χ2v) is 6.26. The topological polar surface area (TPSA) is 49.9 Å². The average Bonchev–Trinajstić information content (AvgIpc) is 2.98. The Hall–Kier alpha value is -2.33. The molecule has 0 spiro atoms. The highest BCUT2D eigenvalue weighted by Crippen LogP contribution is 2.19. The molecule has 0 radical (unpaired) electrons. The van der Waals surface area contributed by atoms with Crippen molar-refractivity contribution in [3.05, 3.63) is 59.9 Å². The Morgan fingerprint density at radius 1 is 1.08 bits per heavy atom. The highest BCUT2D eigenvalue weighted by molar-refractivity contribution is 5.74. The van der Waals surface area contributed by atoms with Gasteiger partial charge in [-0.3, -0.25) is 0 Å². The summed E-state index contributed by atoms with van der Waals surface area (Å²) in [5.41, 5.74) is 3.36. The lowest BCUT2D eigenvalue weighted by Gasteiger charge is -2.14. The van der Waals surface area contributed by atoms with Gasteiger partial charge in [0.15, 0.2) is 0 Å². The van der Waals surface area contributed by atoms with Gasteiger partial charge in [0.2, 0.25) is 0 Å². The number of para-hydroxylation sites is 3. The maximum atomic E-state index is 5.85. The number of H-pyrrole nitrogens is 1. The van der Waals surface area contributed by atoms with Crippen LogP contribution in [0.4, 0.5) is 0 Å². The zero-order chi connectivity index (χ0) is 16.8. The van der Waals surface area contributed by atoms with E-state index in [1.807, 2.05) is 30.3 Å². The zero-order valence-electron chi connectivity index (χ0n) is 14.4. The molecule has 0 saturated carbocycles. The molecule has 0 unspecified atom stereocenters. The van der Waals surface area contributed by atoms with Gasteiger partial charge >= 0.3 is 0 Å². The van der Waals surface area contributed by atoms with E-state index < -0.39 is 0 Å². The van der Waals surface area contributed by atoms with Gasteiger partial charge in [0, 0.05) is 18.5 Å². The molecule has 0 amide bonds. The summed E-state index contributed by atoms with van der Waals surface area (Å²) in [6.45, 7) is 5.88. The second kappa shape index (κ2) is 7.97. The van der Waals surface area contributed by atoms with Gasteiger partial charge in [-0.15, -0.1) is 0 Å². The van der Waals surface area contributed by atoms with Gasteiger partial charge in [0.05, 0.1) is 17.1 Å².